The predicted molar refractivity (Wildman–Crippen MR) is 57.3 cm³/mol. The summed E-state index contributed by atoms with van der Waals surface area (Å²) < 4.78 is 25.2. The monoisotopic (exact) mass is 277 g/mol. The number of carbonyl (C=O) groups is 2. The molecule has 18 heavy (non-hydrogen) atoms. The van der Waals surface area contributed by atoms with Gasteiger partial charge in [-0.25, -0.2) is 13.4 Å². The number of aryl methyl sites for hydroxylation is 1. The summed E-state index contributed by atoms with van der Waals surface area (Å²) >= 11 is 0. The van der Waals surface area contributed by atoms with Gasteiger partial charge in [-0.15, -0.1) is 0 Å². The van der Waals surface area contributed by atoms with Crippen molar-refractivity contribution in [3.63, 3.8) is 0 Å². The SMILES string of the molecule is Cc1ncc(S(=O)(=O)N[C@@H](CC(=O)O)C(=O)O)[nH]1. The molecule has 0 radical (unpaired) electrons. The minimum absolute atomic E-state index is 0.323. The molecule has 4 N–H and O–H groups in total. The lowest BCUT2D eigenvalue weighted by Crippen LogP contribution is -2.42. The number of aromatic nitrogens is 2. The Bertz CT molecular complexity index is 563. The highest BCUT2D eigenvalue weighted by Gasteiger charge is 2.28. The zero-order valence-electron chi connectivity index (χ0n) is 9.24. The molecule has 1 atom stereocenters. The maximum absolute atomic E-state index is 11.7. The van der Waals surface area contributed by atoms with Crippen molar-refractivity contribution >= 4 is 22.0 Å². The molecular formula is C8H11N3O6S. The number of nitrogens with one attached hydrogen (secondary N) is 2. The molecule has 9 nitrogen and oxygen atoms in total. The molecule has 1 aromatic heterocycles. The molecule has 1 aromatic rings. The van der Waals surface area contributed by atoms with Crippen molar-refractivity contribution < 1.29 is 28.2 Å². The molecule has 0 fully saturated rings. The normalized spacial score (nSPS) is 13.2. The molecule has 0 amide bonds. The van der Waals surface area contributed by atoms with E-state index in [1.807, 2.05) is 0 Å². The smallest absolute Gasteiger partial charge is 0.322 e. The lowest BCUT2D eigenvalue weighted by Gasteiger charge is -2.11. The van der Waals surface area contributed by atoms with Crippen LogP contribution >= 0.6 is 0 Å². The maximum Gasteiger partial charge on any atom is 0.322 e. The van der Waals surface area contributed by atoms with Crippen molar-refractivity contribution in [3.8, 4) is 0 Å². The van der Waals surface area contributed by atoms with E-state index in [1.54, 1.807) is 4.72 Å². The summed E-state index contributed by atoms with van der Waals surface area (Å²) in [5.74, 6) is -2.66. The molecule has 0 saturated heterocycles. The Hall–Kier alpha value is -1.94. The van der Waals surface area contributed by atoms with Gasteiger partial charge in [-0.1, -0.05) is 0 Å². The second kappa shape index (κ2) is 5.14. The molecule has 10 heteroatoms. The number of carboxylic acids is 2. The third-order valence-electron chi connectivity index (χ3n) is 1.94. The molecule has 0 aliphatic rings. The van der Waals surface area contributed by atoms with Gasteiger partial charge in [-0.3, -0.25) is 9.59 Å². The Morgan fingerprint density at radius 3 is 2.50 bits per heavy atom. The van der Waals surface area contributed by atoms with Crippen LogP contribution in [0.25, 0.3) is 0 Å². The van der Waals surface area contributed by atoms with Gasteiger partial charge in [0.25, 0.3) is 10.0 Å². The van der Waals surface area contributed by atoms with E-state index in [-0.39, 0.29) is 5.03 Å². The molecule has 1 heterocycles. The Morgan fingerprint density at radius 2 is 2.11 bits per heavy atom. The number of aliphatic carboxylic acids is 2. The molecule has 0 aliphatic carbocycles. The van der Waals surface area contributed by atoms with Crippen molar-refractivity contribution in [1.29, 1.82) is 0 Å². The Labute approximate surface area is 102 Å². The van der Waals surface area contributed by atoms with Crippen LogP contribution in [-0.2, 0) is 19.6 Å². The average molecular weight is 277 g/mol. The van der Waals surface area contributed by atoms with E-state index in [4.69, 9.17) is 10.2 Å². The number of nitrogens with zero attached hydrogens (tertiary/aromatic N) is 1. The van der Waals surface area contributed by atoms with Gasteiger partial charge in [-0.2, -0.15) is 4.72 Å². The second-order valence-electron chi connectivity index (χ2n) is 3.44. The molecular weight excluding hydrogens is 266 g/mol. The van der Waals surface area contributed by atoms with Crippen molar-refractivity contribution in [1.82, 2.24) is 14.7 Å². The number of H-pyrrole nitrogens is 1. The Kier molecular flexibility index (Phi) is 4.03. The highest BCUT2D eigenvalue weighted by molar-refractivity contribution is 7.89. The van der Waals surface area contributed by atoms with Crippen LogP contribution in [0, 0.1) is 6.92 Å². The highest BCUT2D eigenvalue weighted by atomic mass is 32.2. The average Bonchev–Trinajstić information content (AvgIpc) is 2.63. The molecule has 0 aromatic carbocycles. The molecule has 100 valence electrons. The summed E-state index contributed by atoms with van der Waals surface area (Å²) in [6.07, 6.45) is 0.152. The predicted octanol–water partition coefficient (Wildman–Crippen LogP) is -1.08. The van der Waals surface area contributed by atoms with E-state index < -0.39 is 34.4 Å². The number of hydrogen-bond donors (Lipinski definition) is 4. The fourth-order valence-corrected chi connectivity index (χ4v) is 2.30. The first-order valence-electron chi connectivity index (χ1n) is 4.71. The topological polar surface area (TPSA) is 149 Å². The highest BCUT2D eigenvalue weighted by Crippen LogP contribution is 2.07. The van der Waals surface area contributed by atoms with E-state index >= 15 is 0 Å². The first kappa shape index (κ1) is 14.1. The van der Waals surface area contributed by atoms with E-state index in [9.17, 15) is 18.0 Å². The number of carboxylic acid groups (broad SMARTS) is 2. The number of hydrogen-bond acceptors (Lipinski definition) is 5. The molecule has 1 rings (SSSR count). The molecule has 0 bridgehead atoms. The zero-order chi connectivity index (χ0) is 13.9. The summed E-state index contributed by atoms with van der Waals surface area (Å²) in [4.78, 5) is 27.2. The largest absolute Gasteiger partial charge is 0.481 e. The minimum Gasteiger partial charge on any atom is -0.481 e. The van der Waals surface area contributed by atoms with Gasteiger partial charge in [0.1, 0.15) is 11.9 Å². The van der Waals surface area contributed by atoms with Crippen LogP contribution in [0.3, 0.4) is 0 Å². The van der Waals surface area contributed by atoms with Crippen LogP contribution in [0.2, 0.25) is 0 Å². The first-order valence-corrected chi connectivity index (χ1v) is 6.19. The van der Waals surface area contributed by atoms with Crippen molar-refractivity contribution in [2.45, 2.75) is 24.4 Å². The lowest BCUT2D eigenvalue weighted by atomic mass is 10.2. The summed E-state index contributed by atoms with van der Waals surface area (Å²) in [5.41, 5.74) is 0. The molecule has 0 saturated carbocycles. The van der Waals surface area contributed by atoms with E-state index in [0.717, 1.165) is 6.20 Å². The third kappa shape index (κ3) is 3.53. The van der Waals surface area contributed by atoms with Gasteiger partial charge >= 0.3 is 11.9 Å². The number of rotatable bonds is 6. The summed E-state index contributed by atoms with van der Waals surface area (Å²) in [6, 6.07) is -1.74. The third-order valence-corrected chi connectivity index (χ3v) is 3.32. The van der Waals surface area contributed by atoms with Crippen molar-refractivity contribution in [3.05, 3.63) is 12.0 Å². The van der Waals surface area contributed by atoms with Gasteiger partial charge < -0.3 is 15.2 Å². The van der Waals surface area contributed by atoms with Gasteiger partial charge in [0.05, 0.1) is 12.6 Å². The molecule has 0 spiro atoms. The lowest BCUT2D eigenvalue weighted by molar-refractivity contribution is -0.145. The van der Waals surface area contributed by atoms with E-state index in [0.29, 0.717) is 5.82 Å². The van der Waals surface area contributed by atoms with Crippen LogP contribution < -0.4 is 4.72 Å². The number of aromatic amines is 1. The van der Waals surface area contributed by atoms with Gasteiger partial charge in [0.15, 0.2) is 5.03 Å². The zero-order valence-corrected chi connectivity index (χ0v) is 10.1. The molecule has 0 aliphatic heterocycles. The first-order chi connectivity index (χ1) is 8.22. The maximum atomic E-state index is 11.7. The number of sulfonamides is 1. The van der Waals surface area contributed by atoms with Crippen molar-refractivity contribution in [2.75, 3.05) is 0 Å². The van der Waals surface area contributed by atoms with Gasteiger partial charge in [-0.05, 0) is 6.92 Å². The van der Waals surface area contributed by atoms with Crippen LogP contribution in [0.15, 0.2) is 11.2 Å². The van der Waals surface area contributed by atoms with E-state index in [1.165, 1.54) is 6.92 Å². The second-order valence-corrected chi connectivity index (χ2v) is 5.13. The summed E-state index contributed by atoms with van der Waals surface area (Å²) in [7, 11) is -4.14. The summed E-state index contributed by atoms with van der Waals surface area (Å²) in [6.45, 7) is 1.52. The quantitative estimate of drug-likeness (QED) is 0.516. The van der Waals surface area contributed by atoms with Crippen LogP contribution in [-0.4, -0.2) is 46.6 Å². The standard InChI is InChI=1S/C8H11N3O6S/c1-4-9-3-6(10-4)18(16,17)11-5(8(14)15)2-7(12)13/h3,5,11H,2H2,1H3,(H,9,10)(H,12,13)(H,14,15)/t5-/m0/s1. The summed E-state index contributed by atoms with van der Waals surface area (Å²) in [5, 5.41) is 16.9. The van der Waals surface area contributed by atoms with Gasteiger partial charge in [0.2, 0.25) is 0 Å². The van der Waals surface area contributed by atoms with Crippen LogP contribution in [0.5, 0.6) is 0 Å². The van der Waals surface area contributed by atoms with E-state index in [2.05, 4.69) is 9.97 Å². The fraction of sp³-hybridized carbons (Fsp3) is 0.375. The van der Waals surface area contributed by atoms with Gasteiger partial charge in [0, 0.05) is 0 Å². The number of imidazole rings is 1. The van der Waals surface area contributed by atoms with Crippen molar-refractivity contribution in [2.24, 2.45) is 0 Å². The Balaban J connectivity index is 2.93. The minimum atomic E-state index is -4.14. The Morgan fingerprint density at radius 1 is 1.50 bits per heavy atom. The molecule has 0 unspecified atom stereocenters. The van der Waals surface area contributed by atoms with Crippen LogP contribution in [0.1, 0.15) is 12.2 Å². The fourth-order valence-electron chi connectivity index (χ4n) is 1.14. The van der Waals surface area contributed by atoms with Crippen LogP contribution in [0.4, 0.5) is 0 Å².